The third-order valence-corrected chi connectivity index (χ3v) is 5.89. The molecule has 2 N–H and O–H groups in total. The van der Waals surface area contributed by atoms with Crippen molar-refractivity contribution < 1.29 is 14.9 Å². The first-order valence-electron chi connectivity index (χ1n) is 7.17. The number of fused-ring (bicyclic) bond motifs is 3. The van der Waals surface area contributed by atoms with Gasteiger partial charge in [-0.3, -0.25) is 0 Å². The zero-order chi connectivity index (χ0) is 13.1. The van der Waals surface area contributed by atoms with E-state index in [9.17, 15) is 10.2 Å². The average molecular weight is 252 g/mol. The average Bonchev–Trinajstić information content (AvgIpc) is 2.53. The van der Waals surface area contributed by atoms with Crippen LogP contribution in [0.4, 0.5) is 0 Å². The van der Waals surface area contributed by atoms with Gasteiger partial charge in [-0.2, -0.15) is 0 Å². The van der Waals surface area contributed by atoms with Crippen LogP contribution in [0, 0.1) is 23.2 Å². The fraction of sp³-hybridized carbons (Fsp3) is 0.867. The summed E-state index contributed by atoms with van der Waals surface area (Å²) >= 11 is 0. The van der Waals surface area contributed by atoms with Crippen molar-refractivity contribution in [3.63, 3.8) is 0 Å². The van der Waals surface area contributed by atoms with Gasteiger partial charge in [-0.25, -0.2) is 0 Å². The first-order chi connectivity index (χ1) is 8.39. The molecule has 3 heteroatoms. The Morgan fingerprint density at radius 1 is 1.39 bits per heavy atom. The number of hydrogen-bond acceptors (Lipinski definition) is 3. The Morgan fingerprint density at radius 2 is 2.11 bits per heavy atom. The Hall–Kier alpha value is -0.380. The van der Waals surface area contributed by atoms with Gasteiger partial charge in [0.05, 0.1) is 0 Å². The van der Waals surface area contributed by atoms with Crippen LogP contribution in [-0.2, 0) is 4.74 Å². The lowest BCUT2D eigenvalue weighted by Crippen LogP contribution is -2.53. The topological polar surface area (TPSA) is 49.7 Å². The second-order valence-corrected chi connectivity index (χ2v) is 6.68. The first-order valence-corrected chi connectivity index (χ1v) is 7.17. The summed E-state index contributed by atoms with van der Waals surface area (Å²) in [4.78, 5) is 0. The normalized spacial score (nSPS) is 55.7. The smallest absolute Gasteiger partial charge is 0.173 e. The number of aliphatic hydroxyl groups is 2. The summed E-state index contributed by atoms with van der Waals surface area (Å²) in [5.41, 5.74) is 1.45. The van der Waals surface area contributed by atoms with E-state index >= 15 is 0 Å². The highest BCUT2D eigenvalue weighted by Gasteiger charge is 2.63. The molecular formula is C15H24O3. The second-order valence-electron chi connectivity index (χ2n) is 6.68. The molecule has 2 aliphatic carbocycles. The maximum absolute atomic E-state index is 10.8. The Labute approximate surface area is 109 Å². The van der Waals surface area contributed by atoms with Crippen molar-refractivity contribution in [1.29, 1.82) is 0 Å². The van der Waals surface area contributed by atoms with Gasteiger partial charge in [0, 0.05) is 18.3 Å². The van der Waals surface area contributed by atoms with Crippen LogP contribution in [0.3, 0.4) is 0 Å². The largest absolute Gasteiger partial charge is 0.368 e. The van der Waals surface area contributed by atoms with Gasteiger partial charge in [0.2, 0.25) is 0 Å². The monoisotopic (exact) mass is 252 g/mol. The van der Waals surface area contributed by atoms with Crippen LogP contribution in [0.15, 0.2) is 11.6 Å². The van der Waals surface area contributed by atoms with Crippen molar-refractivity contribution >= 4 is 0 Å². The van der Waals surface area contributed by atoms with Crippen LogP contribution in [-0.4, -0.2) is 22.3 Å². The van der Waals surface area contributed by atoms with Gasteiger partial charge in [-0.05, 0) is 30.6 Å². The summed E-state index contributed by atoms with van der Waals surface area (Å²) in [6.07, 6.45) is 5.35. The van der Waals surface area contributed by atoms with E-state index < -0.39 is 12.1 Å². The highest BCUT2D eigenvalue weighted by Crippen LogP contribution is 2.62. The molecule has 2 fully saturated rings. The number of rotatable bonds is 0. The van der Waals surface area contributed by atoms with E-state index in [4.69, 9.17) is 4.74 Å². The third-order valence-electron chi connectivity index (χ3n) is 5.89. The summed E-state index contributed by atoms with van der Waals surface area (Å²) in [6.45, 7) is 6.54. The minimum atomic E-state index is -1.13. The number of allylic oxidation sites excluding steroid dienone is 2. The lowest BCUT2D eigenvalue weighted by Gasteiger charge is -2.54. The molecule has 1 saturated heterocycles. The molecule has 18 heavy (non-hydrogen) atoms. The van der Waals surface area contributed by atoms with E-state index in [0.717, 1.165) is 19.3 Å². The molecule has 0 spiro atoms. The minimum absolute atomic E-state index is 0.00954. The predicted molar refractivity (Wildman–Crippen MR) is 68.5 cm³/mol. The number of aliphatic hydroxyl groups excluding tert-OH is 1. The SMILES string of the molecule is C[C@H]1[C@@H]2[C@@]3(C)C(=CCC[C@@H]3C)CC[C@]2(O)O[C@@H]1O. The summed E-state index contributed by atoms with van der Waals surface area (Å²) in [5.74, 6) is -0.596. The molecule has 0 amide bonds. The molecule has 1 saturated carbocycles. The maximum Gasteiger partial charge on any atom is 0.173 e. The molecule has 6 atom stereocenters. The van der Waals surface area contributed by atoms with Gasteiger partial charge in [0.1, 0.15) is 0 Å². The van der Waals surface area contributed by atoms with E-state index in [-0.39, 0.29) is 17.3 Å². The second kappa shape index (κ2) is 3.81. The fourth-order valence-corrected chi connectivity index (χ4v) is 4.73. The van der Waals surface area contributed by atoms with E-state index in [1.807, 2.05) is 6.92 Å². The van der Waals surface area contributed by atoms with Crippen LogP contribution < -0.4 is 0 Å². The Kier molecular flexibility index (Phi) is 2.68. The molecule has 0 radical (unpaired) electrons. The zero-order valence-corrected chi connectivity index (χ0v) is 11.5. The molecule has 0 aromatic heterocycles. The van der Waals surface area contributed by atoms with Gasteiger partial charge < -0.3 is 14.9 Å². The molecule has 0 aromatic rings. The Morgan fingerprint density at radius 3 is 2.83 bits per heavy atom. The fourth-order valence-electron chi connectivity index (χ4n) is 4.73. The lowest BCUT2D eigenvalue weighted by molar-refractivity contribution is -0.269. The molecule has 1 aliphatic heterocycles. The molecule has 0 aromatic carbocycles. The Balaban J connectivity index is 2.09. The van der Waals surface area contributed by atoms with Crippen LogP contribution >= 0.6 is 0 Å². The molecule has 3 rings (SSSR count). The van der Waals surface area contributed by atoms with Crippen molar-refractivity contribution in [2.24, 2.45) is 23.2 Å². The van der Waals surface area contributed by atoms with Crippen LogP contribution in [0.1, 0.15) is 46.5 Å². The van der Waals surface area contributed by atoms with E-state index in [1.54, 1.807) is 0 Å². The van der Waals surface area contributed by atoms with Crippen molar-refractivity contribution in [3.05, 3.63) is 11.6 Å². The van der Waals surface area contributed by atoms with Crippen LogP contribution in [0.2, 0.25) is 0 Å². The summed E-state index contributed by atoms with van der Waals surface area (Å²) in [5, 5.41) is 20.7. The molecular weight excluding hydrogens is 228 g/mol. The van der Waals surface area contributed by atoms with E-state index in [1.165, 1.54) is 5.57 Å². The lowest BCUT2D eigenvalue weighted by atomic mass is 9.52. The zero-order valence-electron chi connectivity index (χ0n) is 11.5. The predicted octanol–water partition coefficient (Wildman–Crippen LogP) is 2.43. The van der Waals surface area contributed by atoms with Crippen molar-refractivity contribution in [3.8, 4) is 0 Å². The molecule has 3 aliphatic rings. The maximum atomic E-state index is 10.8. The third kappa shape index (κ3) is 1.41. The van der Waals surface area contributed by atoms with Crippen LogP contribution in [0.25, 0.3) is 0 Å². The quantitative estimate of drug-likeness (QED) is 0.651. The Bertz CT molecular complexity index is 391. The summed E-state index contributed by atoms with van der Waals surface area (Å²) < 4.78 is 5.51. The van der Waals surface area contributed by atoms with Gasteiger partial charge in [0.15, 0.2) is 12.1 Å². The van der Waals surface area contributed by atoms with Gasteiger partial charge in [-0.15, -0.1) is 0 Å². The molecule has 102 valence electrons. The highest BCUT2D eigenvalue weighted by atomic mass is 16.7. The van der Waals surface area contributed by atoms with Crippen molar-refractivity contribution in [1.82, 2.24) is 0 Å². The standard InChI is InChI=1S/C15H24O3/c1-9-5-4-6-11-7-8-15(17)12(14(9,11)3)10(2)13(16)18-15/h6,9-10,12-13,16-17H,4-5,7-8H2,1-3H3/t9-,10-,12+,13-,14+,15-/m0/s1. The van der Waals surface area contributed by atoms with Crippen LogP contribution in [0.5, 0.6) is 0 Å². The van der Waals surface area contributed by atoms with Crippen molar-refractivity contribution in [2.75, 3.05) is 0 Å². The van der Waals surface area contributed by atoms with Crippen molar-refractivity contribution in [2.45, 2.75) is 58.5 Å². The highest BCUT2D eigenvalue weighted by molar-refractivity contribution is 5.26. The molecule has 0 bridgehead atoms. The number of hydrogen-bond donors (Lipinski definition) is 2. The van der Waals surface area contributed by atoms with Gasteiger partial charge in [-0.1, -0.05) is 32.4 Å². The number of ether oxygens (including phenoxy) is 1. The first kappa shape index (κ1) is 12.6. The summed E-state index contributed by atoms with van der Waals surface area (Å²) in [6, 6.07) is 0. The van der Waals surface area contributed by atoms with Gasteiger partial charge in [0.25, 0.3) is 0 Å². The van der Waals surface area contributed by atoms with E-state index in [0.29, 0.717) is 12.3 Å². The van der Waals surface area contributed by atoms with Gasteiger partial charge >= 0.3 is 0 Å². The van der Waals surface area contributed by atoms with E-state index in [2.05, 4.69) is 19.9 Å². The molecule has 3 nitrogen and oxygen atoms in total. The minimum Gasteiger partial charge on any atom is -0.368 e. The molecule has 0 unspecified atom stereocenters. The molecule has 1 heterocycles. The summed E-state index contributed by atoms with van der Waals surface area (Å²) in [7, 11) is 0.